The molecule has 1 atom stereocenters. The van der Waals surface area contributed by atoms with Gasteiger partial charge in [-0.1, -0.05) is 19.8 Å². The third-order valence-corrected chi connectivity index (χ3v) is 3.94. The summed E-state index contributed by atoms with van der Waals surface area (Å²) in [4.78, 5) is 5.18. The van der Waals surface area contributed by atoms with Crippen LogP contribution in [0.3, 0.4) is 0 Å². The quantitative estimate of drug-likeness (QED) is 0.798. The van der Waals surface area contributed by atoms with Gasteiger partial charge in [-0.15, -0.1) is 0 Å². The highest BCUT2D eigenvalue weighted by atomic mass is 15.3. The van der Waals surface area contributed by atoms with Crippen molar-refractivity contribution in [2.24, 2.45) is 5.73 Å². The van der Waals surface area contributed by atoms with Gasteiger partial charge in [-0.05, 0) is 27.2 Å². The molecule has 3 nitrogen and oxygen atoms in total. The average molecular weight is 241 g/mol. The normalized spacial score (nSPS) is 21.7. The minimum Gasteiger partial charge on any atom is -0.329 e. The van der Waals surface area contributed by atoms with Crippen molar-refractivity contribution in [1.82, 2.24) is 9.80 Å². The maximum absolute atomic E-state index is 5.91. The first-order chi connectivity index (χ1) is 7.99. The van der Waals surface area contributed by atoms with E-state index >= 15 is 0 Å². The van der Waals surface area contributed by atoms with Crippen LogP contribution in [0.4, 0.5) is 0 Å². The lowest BCUT2D eigenvalue weighted by Gasteiger charge is -2.44. The largest absolute Gasteiger partial charge is 0.329 e. The Hall–Kier alpha value is -0.120. The molecule has 1 aliphatic rings. The van der Waals surface area contributed by atoms with E-state index in [9.17, 15) is 0 Å². The van der Waals surface area contributed by atoms with Crippen LogP contribution in [0.25, 0.3) is 0 Å². The lowest BCUT2D eigenvalue weighted by molar-refractivity contribution is 0.0414. The summed E-state index contributed by atoms with van der Waals surface area (Å²) in [6, 6.07) is 0.608. The van der Waals surface area contributed by atoms with E-state index in [1.54, 1.807) is 0 Å². The fraction of sp³-hybridized carbons (Fsp3) is 1.00. The van der Waals surface area contributed by atoms with Crippen LogP contribution in [0.1, 0.15) is 47.0 Å². The van der Waals surface area contributed by atoms with Crippen molar-refractivity contribution in [3.63, 3.8) is 0 Å². The van der Waals surface area contributed by atoms with Crippen LogP contribution in [0.5, 0.6) is 0 Å². The molecule has 1 rings (SSSR count). The summed E-state index contributed by atoms with van der Waals surface area (Å²) in [5, 5.41) is 0. The molecule has 17 heavy (non-hydrogen) atoms. The Bertz CT molecular complexity index is 202. The van der Waals surface area contributed by atoms with Gasteiger partial charge in [0.1, 0.15) is 0 Å². The van der Waals surface area contributed by atoms with Gasteiger partial charge in [0, 0.05) is 44.3 Å². The van der Waals surface area contributed by atoms with E-state index in [2.05, 4.69) is 37.5 Å². The molecule has 0 spiro atoms. The number of piperazine rings is 1. The third-order valence-electron chi connectivity index (χ3n) is 3.94. The highest BCUT2D eigenvalue weighted by Gasteiger charge is 2.28. The summed E-state index contributed by atoms with van der Waals surface area (Å²) < 4.78 is 0. The van der Waals surface area contributed by atoms with E-state index in [0.717, 1.165) is 6.54 Å². The number of hydrogen-bond donors (Lipinski definition) is 1. The highest BCUT2D eigenvalue weighted by molar-refractivity contribution is 4.84. The molecule has 3 heteroatoms. The molecule has 102 valence electrons. The summed E-state index contributed by atoms with van der Waals surface area (Å²) in [6.45, 7) is 14.7. The van der Waals surface area contributed by atoms with E-state index in [1.165, 1.54) is 45.4 Å². The van der Waals surface area contributed by atoms with Crippen LogP contribution in [-0.2, 0) is 0 Å². The lowest BCUT2D eigenvalue weighted by Crippen LogP contribution is -2.56. The van der Waals surface area contributed by atoms with Gasteiger partial charge in [0.05, 0.1) is 0 Å². The number of hydrogen-bond acceptors (Lipinski definition) is 3. The molecule has 1 fully saturated rings. The smallest absolute Gasteiger partial charge is 0.0219 e. The molecule has 1 heterocycles. The van der Waals surface area contributed by atoms with Crippen LogP contribution < -0.4 is 5.73 Å². The molecule has 1 saturated heterocycles. The maximum atomic E-state index is 5.91. The van der Waals surface area contributed by atoms with Crippen molar-refractivity contribution in [1.29, 1.82) is 0 Å². The fourth-order valence-corrected chi connectivity index (χ4v) is 2.65. The molecule has 0 saturated carbocycles. The zero-order valence-corrected chi connectivity index (χ0v) is 12.2. The molecule has 2 N–H and O–H groups in total. The summed E-state index contributed by atoms with van der Waals surface area (Å²) in [5.41, 5.74) is 6.22. The van der Waals surface area contributed by atoms with Crippen molar-refractivity contribution >= 4 is 0 Å². The topological polar surface area (TPSA) is 32.5 Å². The Morgan fingerprint density at radius 2 is 1.71 bits per heavy atom. The van der Waals surface area contributed by atoms with Gasteiger partial charge in [-0.25, -0.2) is 0 Å². The van der Waals surface area contributed by atoms with Crippen molar-refractivity contribution in [3.8, 4) is 0 Å². The molecule has 0 aromatic rings. The summed E-state index contributed by atoms with van der Waals surface area (Å²) in [5.74, 6) is 0. The number of nitrogens with zero attached hydrogens (tertiary/aromatic N) is 2. The second-order valence-electron chi connectivity index (χ2n) is 6.23. The minimum atomic E-state index is 0.313. The van der Waals surface area contributed by atoms with Crippen LogP contribution in [0.2, 0.25) is 0 Å². The molecular weight excluding hydrogens is 210 g/mol. The molecule has 0 amide bonds. The first kappa shape index (κ1) is 14.9. The Labute approximate surface area is 107 Å². The molecule has 0 aliphatic carbocycles. The van der Waals surface area contributed by atoms with Crippen molar-refractivity contribution in [2.75, 3.05) is 32.7 Å². The summed E-state index contributed by atoms with van der Waals surface area (Å²) >= 11 is 0. The fourth-order valence-electron chi connectivity index (χ4n) is 2.65. The highest BCUT2D eigenvalue weighted by Crippen LogP contribution is 2.18. The van der Waals surface area contributed by atoms with Crippen LogP contribution in [-0.4, -0.2) is 54.1 Å². The monoisotopic (exact) mass is 241 g/mol. The second kappa shape index (κ2) is 6.72. The Kier molecular flexibility index (Phi) is 5.90. The average Bonchev–Trinajstić information content (AvgIpc) is 2.29. The van der Waals surface area contributed by atoms with Crippen molar-refractivity contribution in [2.45, 2.75) is 58.5 Å². The Morgan fingerprint density at radius 3 is 2.12 bits per heavy atom. The van der Waals surface area contributed by atoms with Gasteiger partial charge < -0.3 is 5.73 Å². The number of nitrogens with two attached hydrogens (primary N) is 1. The minimum absolute atomic E-state index is 0.313. The molecule has 0 aromatic carbocycles. The van der Waals surface area contributed by atoms with E-state index in [0.29, 0.717) is 11.6 Å². The molecule has 0 bridgehead atoms. The van der Waals surface area contributed by atoms with Crippen molar-refractivity contribution < 1.29 is 0 Å². The van der Waals surface area contributed by atoms with Gasteiger partial charge in [-0.3, -0.25) is 9.80 Å². The standard InChI is InChI=1S/C14H31N3/c1-5-6-7-13(12-15)16-8-10-17(11-9-16)14(2,3)4/h13H,5-12,15H2,1-4H3. The van der Waals surface area contributed by atoms with E-state index in [-0.39, 0.29) is 0 Å². The van der Waals surface area contributed by atoms with Gasteiger partial charge in [-0.2, -0.15) is 0 Å². The van der Waals surface area contributed by atoms with Gasteiger partial charge in [0.15, 0.2) is 0 Å². The van der Waals surface area contributed by atoms with Gasteiger partial charge >= 0.3 is 0 Å². The third kappa shape index (κ3) is 4.57. The molecule has 1 unspecified atom stereocenters. The Morgan fingerprint density at radius 1 is 1.12 bits per heavy atom. The summed E-state index contributed by atoms with van der Waals surface area (Å²) in [6.07, 6.45) is 3.85. The maximum Gasteiger partial charge on any atom is 0.0219 e. The molecule has 1 aliphatic heterocycles. The zero-order chi connectivity index (χ0) is 12.9. The predicted octanol–water partition coefficient (Wildman–Crippen LogP) is 1.92. The van der Waals surface area contributed by atoms with Crippen LogP contribution in [0, 0.1) is 0 Å². The van der Waals surface area contributed by atoms with E-state index < -0.39 is 0 Å². The Balaban J connectivity index is 2.39. The molecule has 0 radical (unpaired) electrons. The first-order valence-electron chi connectivity index (χ1n) is 7.18. The van der Waals surface area contributed by atoms with Gasteiger partial charge in [0.25, 0.3) is 0 Å². The molecular formula is C14H31N3. The predicted molar refractivity (Wildman–Crippen MR) is 75.3 cm³/mol. The van der Waals surface area contributed by atoms with Crippen LogP contribution in [0.15, 0.2) is 0 Å². The van der Waals surface area contributed by atoms with E-state index in [4.69, 9.17) is 5.73 Å². The van der Waals surface area contributed by atoms with E-state index in [1.807, 2.05) is 0 Å². The zero-order valence-electron chi connectivity index (χ0n) is 12.2. The number of unbranched alkanes of at least 4 members (excludes halogenated alkanes) is 1. The van der Waals surface area contributed by atoms with Crippen LogP contribution >= 0.6 is 0 Å². The van der Waals surface area contributed by atoms with Gasteiger partial charge in [0.2, 0.25) is 0 Å². The number of rotatable bonds is 5. The summed E-state index contributed by atoms with van der Waals surface area (Å²) in [7, 11) is 0. The molecule has 0 aromatic heterocycles. The SMILES string of the molecule is CCCCC(CN)N1CCN(C(C)(C)C)CC1. The van der Waals surface area contributed by atoms with Crippen molar-refractivity contribution in [3.05, 3.63) is 0 Å². The first-order valence-corrected chi connectivity index (χ1v) is 7.18. The second-order valence-corrected chi connectivity index (χ2v) is 6.23. The lowest BCUT2D eigenvalue weighted by atomic mass is 10.0.